The summed E-state index contributed by atoms with van der Waals surface area (Å²) in [7, 11) is 0. The van der Waals surface area contributed by atoms with Crippen molar-refractivity contribution in [1.82, 2.24) is 0 Å². The van der Waals surface area contributed by atoms with Crippen molar-refractivity contribution < 1.29 is 41.7 Å². The third kappa shape index (κ3) is 24.5. The maximum absolute atomic E-state index is 5.56. The lowest BCUT2D eigenvalue weighted by Gasteiger charge is -2.07. The van der Waals surface area contributed by atoms with Gasteiger partial charge in [-0.15, -0.1) is 0 Å². The van der Waals surface area contributed by atoms with E-state index in [4.69, 9.17) is 18.9 Å². The fraction of sp³-hybridized carbons (Fsp3) is 1.00. The highest BCUT2D eigenvalue weighted by Gasteiger charge is 1.94. The molecule has 0 aliphatic rings. The van der Waals surface area contributed by atoms with Gasteiger partial charge in [0.2, 0.25) is 0 Å². The molecule has 0 spiro atoms. The van der Waals surface area contributed by atoms with Crippen LogP contribution in [0.3, 0.4) is 0 Å². The van der Waals surface area contributed by atoms with Crippen LogP contribution in [-0.2, 0) is 18.9 Å². The van der Waals surface area contributed by atoms with Crippen molar-refractivity contribution in [2.24, 2.45) is 0 Å². The average molecular weight is 414 g/mol. The van der Waals surface area contributed by atoms with Crippen molar-refractivity contribution in [2.75, 3.05) is 59.4 Å². The lowest BCUT2D eigenvalue weighted by Crippen LogP contribution is -3.00. The Balaban J connectivity index is 0. The summed E-state index contributed by atoms with van der Waals surface area (Å²) in [5, 5.41) is 0. The predicted molar refractivity (Wildman–Crippen MR) is 93.6 cm³/mol. The molecule has 0 radical (unpaired) electrons. The first kappa shape index (κ1) is 26.5. The van der Waals surface area contributed by atoms with E-state index in [9.17, 15) is 0 Å². The van der Waals surface area contributed by atoms with Gasteiger partial charge in [0.05, 0.1) is 52.8 Å². The van der Waals surface area contributed by atoms with Gasteiger partial charge < -0.3 is 41.7 Å². The number of quaternary nitrogens is 1. The Labute approximate surface area is 159 Å². The molecule has 0 saturated carbocycles. The number of hydrogen-bond donors (Lipinski definition) is 1. The average Bonchev–Trinajstić information content (AvgIpc) is 2.57. The van der Waals surface area contributed by atoms with Gasteiger partial charge in [-0.05, 0) is 6.42 Å². The molecule has 6 heteroatoms. The first-order valence-electron chi connectivity index (χ1n) is 9.52. The van der Waals surface area contributed by atoms with Gasteiger partial charge >= 0.3 is 0 Å². The molecule has 0 aliphatic heterocycles. The van der Waals surface area contributed by atoms with Crippen LogP contribution in [0, 0.1) is 0 Å². The van der Waals surface area contributed by atoms with Crippen LogP contribution in [0.25, 0.3) is 0 Å². The lowest BCUT2D eigenvalue weighted by molar-refractivity contribution is -0.374. The maximum Gasteiger partial charge on any atom is 0.0977 e. The second kappa shape index (κ2) is 25.5. The molecular formula is C18H40BrNO4. The minimum Gasteiger partial charge on any atom is -1.00 e. The van der Waals surface area contributed by atoms with Crippen LogP contribution in [0.15, 0.2) is 0 Å². The van der Waals surface area contributed by atoms with Gasteiger partial charge in [0, 0.05) is 6.61 Å². The van der Waals surface area contributed by atoms with Crippen LogP contribution >= 0.6 is 0 Å². The number of hydrogen-bond acceptors (Lipinski definition) is 4. The van der Waals surface area contributed by atoms with Gasteiger partial charge in [-0.3, -0.25) is 0 Å². The maximum atomic E-state index is 5.56. The molecule has 0 aromatic heterocycles. The summed E-state index contributed by atoms with van der Waals surface area (Å²) in [4.78, 5) is 0. The third-order valence-electron chi connectivity index (χ3n) is 3.55. The highest BCUT2D eigenvalue weighted by atomic mass is 79.9. The number of halogens is 1. The van der Waals surface area contributed by atoms with Crippen molar-refractivity contribution in [2.45, 2.75) is 58.3 Å². The molecule has 0 heterocycles. The quantitative estimate of drug-likeness (QED) is 0.271. The van der Waals surface area contributed by atoms with Gasteiger partial charge in [-0.2, -0.15) is 0 Å². The predicted octanol–water partition coefficient (Wildman–Crippen LogP) is -0.561. The van der Waals surface area contributed by atoms with E-state index < -0.39 is 0 Å². The van der Waals surface area contributed by atoms with E-state index >= 15 is 0 Å². The number of ether oxygens (including phenoxy) is 4. The summed E-state index contributed by atoms with van der Waals surface area (Å²) in [6.07, 6.45) is 10.7. The zero-order valence-electron chi connectivity index (χ0n) is 15.7. The number of unbranched alkanes of at least 4 members (excludes halogenated alkanes) is 7. The summed E-state index contributed by atoms with van der Waals surface area (Å²) in [5.41, 5.74) is 3.70. The standard InChI is InChI=1S/C18H39NO4.BrH/c1-2-3-4-5-6-7-8-9-11-20-13-15-22-17-18-23-16-14-21-12-10-19;/h2-19H2,1H3;1H. The van der Waals surface area contributed by atoms with Gasteiger partial charge in [0.25, 0.3) is 0 Å². The van der Waals surface area contributed by atoms with Gasteiger partial charge in [-0.25, -0.2) is 0 Å². The van der Waals surface area contributed by atoms with E-state index in [-0.39, 0.29) is 17.0 Å². The molecular weight excluding hydrogens is 374 g/mol. The molecule has 24 heavy (non-hydrogen) atoms. The molecule has 0 atom stereocenters. The molecule has 5 nitrogen and oxygen atoms in total. The Kier molecular flexibility index (Phi) is 28.2. The van der Waals surface area contributed by atoms with Crippen molar-refractivity contribution in [3.8, 4) is 0 Å². The second-order valence-electron chi connectivity index (χ2n) is 5.78. The Bertz CT molecular complexity index is 191. The van der Waals surface area contributed by atoms with Crippen LogP contribution < -0.4 is 22.7 Å². The zero-order valence-corrected chi connectivity index (χ0v) is 17.3. The first-order valence-corrected chi connectivity index (χ1v) is 9.52. The Morgan fingerprint density at radius 2 is 0.875 bits per heavy atom. The van der Waals surface area contributed by atoms with E-state index in [1.54, 1.807) is 0 Å². The van der Waals surface area contributed by atoms with E-state index in [1.165, 1.54) is 51.4 Å². The molecule has 0 unspecified atom stereocenters. The Morgan fingerprint density at radius 1 is 0.500 bits per heavy atom. The van der Waals surface area contributed by atoms with E-state index in [0.29, 0.717) is 46.2 Å². The summed E-state index contributed by atoms with van der Waals surface area (Å²) in [6.45, 7) is 8.46. The molecule has 3 N–H and O–H groups in total. The van der Waals surface area contributed by atoms with E-state index in [2.05, 4.69) is 12.7 Å². The van der Waals surface area contributed by atoms with Crippen molar-refractivity contribution in [3.63, 3.8) is 0 Å². The smallest absolute Gasteiger partial charge is 0.0977 e. The third-order valence-corrected chi connectivity index (χ3v) is 3.55. The molecule has 0 fully saturated rings. The molecule has 0 aromatic rings. The van der Waals surface area contributed by atoms with Gasteiger partial charge in [0.1, 0.15) is 0 Å². The van der Waals surface area contributed by atoms with E-state index in [0.717, 1.165) is 13.2 Å². The minimum absolute atomic E-state index is 0. The zero-order chi connectivity index (χ0) is 16.8. The minimum atomic E-state index is 0. The first-order chi connectivity index (χ1) is 11.4. The molecule has 0 aromatic carbocycles. The summed E-state index contributed by atoms with van der Waals surface area (Å²) in [5.74, 6) is 0. The van der Waals surface area contributed by atoms with Crippen LogP contribution in [0.5, 0.6) is 0 Å². The summed E-state index contributed by atoms with van der Waals surface area (Å²) >= 11 is 0. The van der Waals surface area contributed by atoms with Gasteiger partial charge in [0.15, 0.2) is 0 Å². The second-order valence-corrected chi connectivity index (χ2v) is 5.78. The molecule has 148 valence electrons. The van der Waals surface area contributed by atoms with Crippen LogP contribution in [-0.4, -0.2) is 59.4 Å². The lowest BCUT2D eigenvalue weighted by atomic mass is 10.1. The van der Waals surface area contributed by atoms with Crippen LogP contribution in [0.2, 0.25) is 0 Å². The van der Waals surface area contributed by atoms with Crippen LogP contribution in [0.1, 0.15) is 58.3 Å². The molecule has 0 bridgehead atoms. The van der Waals surface area contributed by atoms with Crippen molar-refractivity contribution in [3.05, 3.63) is 0 Å². The fourth-order valence-electron chi connectivity index (χ4n) is 2.20. The van der Waals surface area contributed by atoms with Crippen molar-refractivity contribution in [1.29, 1.82) is 0 Å². The molecule has 0 aliphatic carbocycles. The topological polar surface area (TPSA) is 64.6 Å². The van der Waals surface area contributed by atoms with Crippen LogP contribution in [0.4, 0.5) is 0 Å². The van der Waals surface area contributed by atoms with Crippen molar-refractivity contribution >= 4 is 0 Å². The van der Waals surface area contributed by atoms with E-state index in [1.807, 2.05) is 0 Å². The Morgan fingerprint density at radius 3 is 1.33 bits per heavy atom. The molecule has 0 amide bonds. The largest absolute Gasteiger partial charge is 1.00 e. The monoisotopic (exact) mass is 413 g/mol. The normalized spacial score (nSPS) is 10.8. The summed E-state index contributed by atoms with van der Waals surface area (Å²) < 4.78 is 21.6. The Hall–Kier alpha value is 0.280. The fourth-order valence-corrected chi connectivity index (χ4v) is 2.20. The molecule has 0 rings (SSSR count). The SMILES string of the molecule is CCCCCCCCCCOCCOCCOCCOCC[NH3+].[Br-]. The highest BCUT2D eigenvalue weighted by molar-refractivity contribution is 4.45. The number of rotatable bonds is 20. The van der Waals surface area contributed by atoms with Gasteiger partial charge in [-0.1, -0.05) is 51.9 Å². The molecule has 0 saturated heterocycles. The summed E-state index contributed by atoms with van der Waals surface area (Å²) in [6, 6.07) is 0. The highest BCUT2D eigenvalue weighted by Crippen LogP contribution is 2.08.